The van der Waals surface area contributed by atoms with Gasteiger partial charge in [-0.2, -0.15) is 0 Å². The van der Waals surface area contributed by atoms with Crippen molar-refractivity contribution < 1.29 is 0 Å². The predicted octanol–water partition coefficient (Wildman–Crippen LogP) is 12.0. The normalized spacial score (nSPS) is 15.3. The summed E-state index contributed by atoms with van der Waals surface area (Å²) in [6.07, 6.45) is 0. The summed E-state index contributed by atoms with van der Waals surface area (Å²) in [5.41, 5.74) is 14.0. The Labute approximate surface area is 351 Å². The van der Waals surface area contributed by atoms with Crippen molar-refractivity contribution in [3.63, 3.8) is 0 Å². The predicted molar refractivity (Wildman–Crippen MR) is 252 cm³/mol. The van der Waals surface area contributed by atoms with Gasteiger partial charge in [-0.1, -0.05) is 163 Å². The third kappa shape index (κ3) is 3.93. The van der Waals surface area contributed by atoms with E-state index in [1.165, 1.54) is 112 Å². The average molecular weight is 800 g/mol. The van der Waals surface area contributed by atoms with Crippen LogP contribution in [-0.2, 0) is 5.41 Å². The lowest BCUT2D eigenvalue weighted by Crippen LogP contribution is -2.70. The van der Waals surface area contributed by atoms with Gasteiger partial charge in [-0.25, -0.2) is 0 Å². The van der Waals surface area contributed by atoms with Gasteiger partial charge in [-0.05, 0) is 114 Å². The molecule has 14 rings (SSSR count). The van der Waals surface area contributed by atoms with Crippen LogP contribution in [0.4, 0.5) is 17.1 Å². The van der Waals surface area contributed by atoms with E-state index in [0.29, 0.717) is 0 Å². The number of hydrogen-bond donors (Lipinski definition) is 0. The van der Waals surface area contributed by atoms with Gasteiger partial charge in [-0.3, -0.25) is 0 Å². The zero-order chi connectivity index (χ0) is 38.5. The molecular weight excluding hydrogens is 767 g/mol. The molecule has 0 fully saturated rings. The van der Waals surface area contributed by atoms with Crippen LogP contribution in [0.5, 0.6) is 0 Å². The minimum absolute atomic E-state index is 0.523. The van der Waals surface area contributed by atoms with Crippen LogP contribution in [0.2, 0.25) is 0 Å². The van der Waals surface area contributed by atoms with Crippen LogP contribution in [-0.4, -0.2) is 8.07 Å². The van der Waals surface area contributed by atoms with Crippen molar-refractivity contribution in [1.29, 1.82) is 0 Å². The Hall–Kier alpha value is -6.43. The van der Waals surface area contributed by atoms with Gasteiger partial charge in [0.05, 0.1) is 16.8 Å². The number of anilines is 3. The molecule has 2 spiro atoms. The second kappa shape index (κ2) is 11.6. The fourth-order valence-electron chi connectivity index (χ4n) is 11.6. The molecule has 59 heavy (non-hydrogen) atoms. The molecule has 0 unspecified atom stereocenters. The second-order valence-corrected chi connectivity index (χ2v) is 22.1. The van der Waals surface area contributed by atoms with E-state index >= 15 is 0 Å². The lowest BCUT2D eigenvalue weighted by Gasteiger charge is -2.49. The van der Waals surface area contributed by atoms with E-state index in [2.05, 4.69) is 205 Å². The summed E-state index contributed by atoms with van der Waals surface area (Å²) in [5.74, 6) is 0. The third-order valence-corrected chi connectivity index (χ3v) is 21.0. The molecule has 9 aromatic carbocycles. The molecule has 1 nitrogen and oxygen atoms in total. The quantitative estimate of drug-likeness (QED) is 0.152. The van der Waals surface area contributed by atoms with Crippen molar-refractivity contribution in [2.24, 2.45) is 0 Å². The Morgan fingerprint density at radius 2 is 0.915 bits per heavy atom. The fraction of sp³-hybridized carbons (Fsp3) is 0.0182. The van der Waals surface area contributed by atoms with Gasteiger partial charge in [0.2, 0.25) is 0 Å². The number of para-hydroxylation sites is 1. The maximum atomic E-state index is 2.62. The van der Waals surface area contributed by atoms with Gasteiger partial charge >= 0.3 is 0 Å². The highest BCUT2D eigenvalue weighted by atomic mass is 32.2. The van der Waals surface area contributed by atoms with Crippen LogP contribution in [0.1, 0.15) is 22.3 Å². The van der Waals surface area contributed by atoms with E-state index in [1.807, 2.05) is 23.1 Å². The van der Waals surface area contributed by atoms with Crippen molar-refractivity contribution in [1.82, 2.24) is 0 Å². The van der Waals surface area contributed by atoms with E-state index in [0.717, 1.165) is 0 Å². The fourth-order valence-corrected chi connectivity index (χ4v) is 19.5. The number of benzene rings is 9. The highest BCUT2D eigenvalue weighted by Gasteiger charge is 2.55. The van der Waals surface area contributed by atoms with E-state index in [1.54, 1.807) is 0 Å². The molecule has 0 saturated carbocycles. The summed E-state index contributed by atoms with van der Waals surface area (Å²) >= 11 is 3.81. The first kappa shape index (κ1) is 32.5. The van der Waals surface area contributed by atoms with E-state index in [4.69, 9.17) is 0 Å². The molecule has 0 N–H and O–H groups in total. The molecule has 1 aromatic heterocycles. The third-order valence-electron chi connectivity index (χ3n) is 13.7. The first-order valence-corrected chi connectivity index (χ1v) is 24.1. The Balaban J connectivity index is 1.11. The van der Waals surface area contributed by atoms with Gasteiger partial charge in [-0.15, -0.1) is 11.3 Å². The topological polar surface area (TPSA) is 3.24 Å². The minimum Gasteiger partial charge on any atom is -0.310 e. The zero-order valence-corrected chi connectivity index (χ0v) is 34.4. The zero-order valence-electron chi connectivity index (χ0n) is 31.8. The van der Waals surface area contributed by atoms with Crippen LogP contribution < -0.4 is 25.6 Å². The Bertz CT molecular complexity index is 3360. The minimum atomic E-state index is -2.66. The van der Waals surface area contributed by atoms with Gasteiger partial charge in [0, 0.05) is 35.7 Å². The molecule has 4 aliphatic rings. The van der Waals surface area contributed by atoms with Crippen molar-refractivity contribution in [2.75, 3.05) is 4.90 Å². The molecule has 0 radical (unpaired) electrons. The number of hydrogen-bond acceptors (Lipinski definition) is 3. The lowest BCUT2D eigenvalue weighted by atomic mass is 9.62. The smallest absolute Gasteiger partial charge is 0.182 e. The largest absolute Gasteiger partial charge is 0.310 e. The summed E-state index contributed by atoms with van der Waals surface area (Å²) in [5, 5.41) is 8.64. The summed E-state index contributed by atoms with van der Waals surface area (Å²) < 4.78 is 2.64. The standard InChI is InChI=1S/C55H33NS2Si/c1-9-23-47-35(15-1)40-32-44-46(33-50(40)57-47)56(45-22-8-5-19-41(45)55(44)42-20-6-10-24-48(42)58-49-25-11-7-21-43(49)55)34-29-30-39-38-18-4-14-28-53(38)59(54(39)31-34)51-26-12-2-16-36(51)37-17-3-13-27-52(37)59/h1-33H. The van der Waals surface area contributed by atoms with E-state index in [9.17, 15) is 0 Å². The summed E-state index contributed by atoms with van der Waals surface area (Å²) in [6, 6.07) is 76.9. The van der Waals surface area contributed by atoms with E-state index < -0.39 is 13.5 Å². The van der Waals surface area contributed by atoms with Crippen molar-refractivity contribution >= 4 is 89.2 Å². The van der Waals surface area contributed by atoms with Crippen LogP contribution in [0, 0.1) is 0 Å². The highest BCUT2D eigenvalue weighted by Crippen LogP contribution is 2.63. The molecule has 4 aliphatic heterocycles. The molecule has 0 saturated heterocycles. The van der Waals surface area contributed by atoms with Gasteiger partial charge in [0.25, 0.3) is 0 Å². The first-order valence-electron chi connectivity index (χ1n) is 20.4. The molecule has 0 atom stereocenters. The van der Waals surface area contributed by atoms with Crippen molar-refractivity contribution in [3.8, 4) is 22.3 Å². The second-order valence-electron chi connectivity index (χ2n) is 16.3. The molecule has 0 aliphatic carbocycles. The molecule has 5 heterocycles. The van der Waals surface area contributed by atoms with E-state index in [-0.39, 0.29) is 0 Å². The molecule has 0 amide bonds. The molecular formula is C55H33NS2Si. The SMILES string of the molecule is c1ccc2c(c1)Sc1ccccc1C21c2ccccc2N(c2ccc3c(c2)[Si]2(c4ccccc4-c4ccccc42)c2ccccc2-3)c2cc3sc4ccccc4c3cc21. The Morgan fingerprint density at radius 1 is 0.373 bits per heavy atom. The lowest BCUT2D eigenvalue weighted by molar-refractivity contribution is 0.693. The maximum absolute atomic E-state index is 2.66. The number of thiophene rings is 1. The summed E-state index contributed by atoms with van der Waals surface area (Å²) in [7, 11) is -2.66. The van der Waals surface area contributed by atoms with Crippen LogP contribution in [0.15, 0.2) is 210 Å². The molecule has 274 valence electrons. The first-order chi connectivity index (χ1) is 29.3. The van der Waals surface area contributed by atoms with Gasteiger partial charge < -0.3 is 4.90 Å². The van der Waals surface area contributed by atoms with Crippen LogP contribution in [0.25, 0.3) is 42.4 Å². The Kier molecular flexibility index (Phi) is 6.40. The number of fused-ring (bicyclic) bond motifs is 21. The van der Waals surface area contributed by atoms with Gasteiger partial charge in [0.1, 0.15) is 0 Å². The number of rotatable bonds is 1. The summed E-state index contributed by atoms with van der Waals surface area (Å²) in [4.78, 5) is 5.25. The van der Waals surface area contributed by atoms with Crippen LogP contribution >= 0.6 is 23.1 Å². The highest BCUT2D eigenvalue weighted by molar-refractivity contribution is 7.99. The Morgan fingerprint density at radius 3 is 1.59 bits per heavy atom. The molecule has 4 heteroatoms. The van der Waals surface area contributed by atoms with Gasteiger partial charge in [0.15, 0.2) is 8.07 Å². The van der Waals surface area contributed by atoms with Crippen molar-refractivity contribution in [3.05, 3.63) is 222 Å². The average Bonchev–Trinajstić information content (AvgIpc) is 3.92. The molecule has 0 bridgehead atoms. The summed E-state index contributed by atoms with van der Waals surface area (Å²) in [6.45, 7) is 0. The van der Waals surface area contributed by atoms with Crippen LogP contribution in [0.3, 0.4) is 0 Å². The number of nitrogens with zero attached hydrogens (tertiary/aromatic N) is 1. The maximum Gasteiger partial charge on any atom is 0.182 e. The molecule has 10 aromatic rings. The van der Waals surface area contributed by atoms with Crippen molar-refractivity contribution in [2.45, 2.75) is 15.2 Å². The monoisotopic (exact) mass is 799 g/mol.